The number of fused-ring (bicyclic) bond motifs is 2. The maximum Gasteiger partial charge on any atom is 0.351 e. The highest BCUT2D eigenvalue weighted by molar-refractivity contribution is 5.35. The number of aliphatic hydroxyl groups excluding tert-OH is 2. The van der Waals surface area contributed by atoms with E-state index >= 15 is 0 Å². The second kappa shape index (κ2) is 4.01. The molecule has 1 aromatic rings. The summed E-state index contributed by atoms with van der Waals surface area (Å²) >= 11 is 0. The molecular weight excluding hydrogens is 254 g/mol. The van der Waals surface area contributed by atoms with Crippen molar-refractivity contribution < 1.29 is 19.7 Å². The van der Waals surface area contributed by atoms with Crippen LogP contribution in [0, 0.1) is 6.92 Å². The lowest BCUT2D eigenvalue weighted by Gasteiger charge is -2.29. The Kier molecular flexibility index (Phi) is 2.65. The number of nitrogens with two attached hydrogens (primary N) is 1. The van der Waals surface area contributed by atoms with Crippen LogP contribution in [0.5, 0.6) is 0 Å². The van der Waals surface area contributed by atoms with Gasteiger partial charge in [-0.25, -0.2) is 4.79 Å². The van der Waals surface area contributed by atoms with Crippen LogP contribution in [0.4, 0.5) is 5.82 Å². The molecule has 0 aliphatic carbocycles. The van der Waals surface area contributed by atoms with Crippen LogP contribution in [-0.4, -0.2) is 50.8 Å². The Morgan fingerprint density at radius 1 is 1.68 bits per heavy atom. The van der Waals surface area contributed by atoms with Crippen molar-refractivity contribution in [1.29, 1.82) is 0 Å². The van der Waals surface area contributed by atoms with Gasteiger partial charge < -0.3 is 25.4 Å². The minimum atomic E-state index is -1.16. The van der Waals surface area contributed by atoms with Crippen LogP contribution in [-0.2, 0) is 9.47 Å². The number of aliphatic hydroxyl groups is 2. The molecule has 2 fully saturated rings. The molecule has 3 heterocycles. The normalized spacial score (nSPS) is 36.9. The van der Waals surface area contributed by atoms with Gasteiger partial charge in [-0.15, -0.1) is 0 Å². The van der Waals surface area contributed by atoms with Crippen molar-refractivity contribution in [3.05, 3.63) is 22.2 Å². The zero-order chi connectivity index (χ0) is 13.8. The highest BCUT2D eigenvalue weighted by Crippen LogP contribution is 2.44. The van der Waals surface area contributed by atoms with Gasteiger partial charge in [0.15, 0.2) is 6.23 Å². The number of nitrogens with zero attached hydrogens (tertiary/aromatic N) is 2. The molecule has 1 aromatic heterocycles. The molecule has 2 bridgehead atoms. The highest BCUT2D eigenvalue weighted by atomic mass is 16.7. The zero-order valence-electron chi connectivity index (χ0n) is 10.3. The van der Waals surface area contributed by atoms with Crippen molar-refractivity contribution in [3.8, 4) is 0 Å². The van der Waals surface area contributed by atoms with Crippen molar-refractivity contribution in [2.45, 2.75) is 31.0 Å². The number of hydrogen-bond acceptors (Lipinski definition) is 7. The van der Waals surface area contributed by atoms with Crippen molar-refractivity contribution in [2.75, 3.05) is 18.9 Å². The minimum absolute atomic E-state index is 0.0992. The van der Waals surface area contributed by atoms with E-state index in [1.54, 1.807) is 6.92 Å². The monoisotopic (exact) mass is 269 g/mol. The number of rotatable bonds is 2. The smallest absolute Gasteiger partial charge is 0.351 e. The molecule has 8 nitrogen and oxygen atoms in total. The lowest BCUT2D eigenvalue weighted by atomic mass is 10.0. The molecule has 104 valence electrons. The third kappa shape index (κ3) is 1.61. The Hall–Kier alpha value is -1.48. The molecule has 0 saturated carbocycles. The van der Waals surface area contributed by atoms with Gasteiger partial charge in [0.05, 0.1) is 13.2 Å². The Labute approximate surface area is 108 Å². The number of hydrogen-bond donors (Lipinski definition) is 3. The van der Waals surface area contributed by atoms with Gasteiger partial charge in [-0.1, -0.05) is 0 Å². The van der Waals surface area contributed by atoms with Crippen LogP contribution in [0.3, 0.4) is 0 Å². The van der Waals surface area contributed by atoms with E-state index < -0.39 is 29.7 Å². The Morgan fingerprint density at radius 2 is 2.42 bits per heavy atom. The number of aromatic nitrogens is 2. The van der Waals surface area contributed by atoms with Crippen LogP contribution in [0.15, 0.2) is 11.0 Å². The van der Waals surface area contributed by atoms with E-state index in [9.17, 15) is 15.0 Å². The Bertz CT molecular complexity index is 574. The first-order valence-electron chi connectivity index (χ1n) is 5.92. The third-order valence-corrected chi connectivity index (χ3v) is 3.72. The van der Waals surface area contributed by atoms with Gasteiger partial charge in [-0.2, -0.15) is 4.98 Å². The fourth-order valence-electron chi connectivity index (χ4n) is 2.52. The second-order valence-corrected chi connectivity index (χ2v) is 4.95. The van der Waals surface area contributed by atoms with Crippen molar-refractivity contribution >= 4 is 5.82 Å². The van der Waals surface area contributed by atoms with E-state index in [0.717, 1.165) is 0 Å². The zero-order valence-corrected chi connectivity index (χ0v) is 10.3. The molecule has 19 heavy (non-hydrogen) atoms. The standard InChI is InChI=1S/C11H15N3O5/c1-5-2-14(10(17)13-8(5)12)9-6-7(16)11(3-15,19-9)4-18-6/h2,6-7,9,15-16H,3-4H2,1H3,(H2,12,13,17)/t6?,7-,9-,11+/m1/s1. The van der Waals surface area contributed by atoms with Gasteiger partial charge in [0.2, 0.25) is 0 Å². The summed E-state index contributed by atoms with van der Waals surface area (Å²) in [4.78, 5) is 15.5. The first-order valence-corrected chi connectivity index (χ1v) is 5.92. The molecule has 0 radical (unpaired) electrons. The minimum Gasteiger partial charge on any atom is -0.393 e. The summed E-state index contributed by atoms with van der Waals surface area (Å²) < 4.78 is 12.3. The van der Waals surface area contributed by atoms with Gasteiger partial charge in [-0.05, 0) is 6.92 Å². The van der Waals surface area contributed by atoms with Crippen molar-refractivity contribution in [3.63, 3.8) is 0 Å². The van der Waals surface area contributed by atoms with Crippen LogP contribution in [0.25, 0.3) is 0 Å². The third-order valence-electron chi connectivity index (χ3n) is 3.72. The van der Waals surface area contributed by atoms with E-state index in [4.69, 9.17) is 15.2 Å². The predicted octanol–water partition coefficient (Wildman–Crippen LogP) is -1.85. The lowest BCUT2D eigenvalue weighted by molar-refractivity contribution is -0.187. The summed E-state index contributed by atoms with van der Waals surface area (Å²) in [7, 11) is 0. The molecule has 4 atom stereocenters. The average molecular weight is 269 g/mol. The maximum absolute atomic E-state index is 11.8. The van der Waals surface area contributed by atoms with Crippen molar-refractivity contribution in [2.24, 2.45) is 0 Å². The van der Waals surface area contributed by atoms with Gasteiger partial charge in [0.1, 0.15) is 23.6 Å². The summed E-state index contributed by atoms with van der Waals surface area (Å²) in [5.41, 5.74) is 4.44. The van der Waals surface area contributed by atoms with E-state index in [1.807, 2.05) is 0 Å². The second-order valence-electron chi connectivity index (χ2n) is 4.95. The summed E-state index contributed by atoms with van der Waals surface area (Å²) in [6.45, 7) is 1.43. The van der Waals surface area contributed by atoms with Gasteiger partial charge in [-0.3, -0.25) is 4.57 Å². The number of ether oxygens (including phenoxy) is 2. The summed E-state index contributed by atoms with van der Waals surface area (Å²) in [5.74, 6) is 0.155. The fraction of sp³-hybridized carbons (Fsp3) is 0.636. The number of aryl methyl sites for hydroxylation is 1. The van der Waals surface area contributed by atoms with E-state index in [2.05, 4.69) is 4.98 Å². The fourth-order valence-corrected chi connectivity index (χ4v) is 2.52. The molecule has 4 N–H and O–H groups in total. The summed E-state index contributed by atoms with van der Waals surface area (Å²) in [5, 5.41) is 19.4. The molecule has 8 heteroatoms. The molecular formula is C11H15N3O5. The van der Waals surface area contributed by atoms with E-state index in [1.165, 1.54) is 10.8 Å². The molecule has 3 rings (SSSR count). The SMILES string of the molecule is Cc1cn([C@@H]2O[C@@]3(CO)COC2[C@H]3O)c(=O)nc1N. The van der Waals surface area contributed by atoms with Crippen LogP contribution >= 0.6 is 0 Å². The average Bonchev–Trinajstić information content (AvgIpc) is 2.85. The molecule has 2 aliphatic rings. The molecule has 1 unspecified atom stereocenters. The molecule has 0 spiro atoms. The van der Waals surface area contributed by atoms with Crippen LogP contribution in [0.2, 0.25) is 0 Å². The van der Waals surface area contributed by atoms with Gasteiger partial charge in [0.25, 0.3) is 0 Å². The molecule has 2 saturated heterocycles. The number of anilines is 1. The lowest BCUT2D eigenvalue weighted by Crippen LogP contribution is -2.44. The topological polar surface area (TPSA) is 120 Å². The molecule has 2 aliphatic heterocycles. The Balaban J connectivity index is 2.02. The maximum atomic E-state index is 11.8. The van der Waals surface area contributed by atoms with Crippen LogP contribution < -0.4 is 11.4 Å². The van der Waals surface area contributed by atoms with Gasteiger partial charge in [0, 0.05) is 11.8 Å². The summed E-state index contributed by atoms with van der Waals surface area (Å²) in [6.07, 6.45) is -0.978. The highest BCUT2D eigenvalue weighted by Gasteiger charge is 2.61. The van der Waals surface area contributed by atoms with E-state index in [-0.39, 0.29) is 19.0 Å². The molecule has 0 amide bonds. The van der Waals surface area contributed by atoms with Crippen molar-refractivity contribution in [1.82, 2.24) is 9.55 Å². The summed E-state index contributed by atoms with van der Waals surface area (Å²) in [6, 6.07) is 0. The number of nitrogen functional groups attached to an aromatic ring is 1. The quantitative estimate of drug-likeness (QED) is 0.576. The largest absolute Gasteiger partial charge is 0.393 e. The predicted molar refractivity (Wildman–Crippen MR) is 63.3 cm³/mol. The molecule has 0 aromatic carbocycles. The van der Waals surface area contributed by atoms with Gasteiger partial charge >= 0.3 is 5.69 Å². The van der Waals surface area contributed by atoms with Crippen LogP contribution in [0.1, 0.15) is 11.8 Å². The van der Waals surface area contributed by atoms with E-state index in [0.29, 0.717) is 5.56 Å². The first kappa shape index (κ1) is 12.5. The first-order chi connectivity index (χ1) is 8.98. The Morgan fingerprint density at radius 3 is 3.05 bits per heavy atom.